The maximum atomic E-state index is 14.2. The van der Waals surface area contributed by atoms with E-state index in [1.165, 1.54) is 6.07 Å². The number of benzene rings is 2. The van der Waals surface area contributed by atoms with Gasteiger partial charge in [-0.25, -0.2) is 4.39 Å². The van der Waals surface area contributed by atoms with Crippen LogP contribution in [0.15, 0.2) is 47.0 Å². The van der Waals surface area contributed by atoms with Crippen LogP contribution < -0.4 is 0 Å². The Labute approximate surface area is 179 Å². The molecule has 1 aliphatic heterocycles. The van der Waals surface area contributed by atoms with Gasteiger partial charge in [0, 0.05) is 28.6 Å². The number of hydrogen-bond donors (Lipinski definition) is 0. The van der Waals surface area contributed by atoms with Crippen LogP contribution in [0.25, 0.3) is 11.4 Å². The van der Waals surface area contributed by atoms with Crippen molar-refractivity contribution in [2.45, 2.75) is 31.7 Å². The van der Waals surface area contributed by atoms with Crippen molar-refractivity contribution in [3.8, 4) is 17.5 Å². The fraction of sp³-hybridized carbons (Fsp3) is 0.348. The van der Waals surface area contributed by atoms with E-state index in [4.69, 9.17) is 21.4 Å². The lowest BCUT2D eigenvalue weighted by atomic mass is 9.90. The normalized spacial score (nSPS) is 20.2. The Kier molecular flexibility index (Phi) is 4.80. The number of rotatable bonds is 4. The maximum Gasteiger partial charge on any atom is 0.230 e. The van der Waals surface area contributed by atoms with Crippen molar-refractivity contribution in [2.75, 3.05) is 13.1 Å². The van der Waals surface area contributed by atoms with Crippen LogP contribution in [-0.2, 0) is 6.54 Å². The molecular formula is C23H20ClFN4O. The van der Waals surface area contributed by atoms with E-state index in [0.717, 1.165) is 37.9 Å². The van der Waals surface area contributed by atoms with E-state index in [2.05, 4.69) is 15.0 Å². The molecule has 5 nitrogen and oxygen atoms in total. The quantitative estimate of drug-likeness (QED) is 0.580. The van der Waals surface area contributed by atoms with Crippen molar-refractivity contribution in [3.63, 3.8) is 0 Å². The summed E-state index contributed by atoms with van der Waals surface area (Å²) in [7, 11) is 0. The Bertz CT molecular complexity index is 1130. The smallest absolute Gasteiger partial charge is 0.230 e. The third-order valence-corrected chi connectivity index (χ3v) is 6.68. The monoisotopic (exact) mass is 422 g/mol. The predicted octanol–water partition coefficient (Wildman–Crippen LogP) is 5.17. The van der Waals surface area contributed by atoms with E-state index in [-0.39, 0.29) is 11.2 Å². The lowest BCUT2D eigenvalue weighted by Crippen LogP contribution is -2.34. The molecule has 2 heterocycles. The van der Waals surface area contributed by atoms with Crippen LogP contribution in [0.4, 0.5) is 4.39 Å². The maximum absolute atomic E-state index is 14.2. The minimum atomic E-state index is -0.307. The molecule has 0 radical (unpaired) electrons. The minimum absolute atomic E-state index is 0.220. The molecule has 7 heteroatoms. The van der Waals surface area contributed by atoms with Crippen molar-refractivity contribution >= 4 is 11.6 Å². The summed E-state index contributed by atoms with van der Waals surface area (Å²) >= 11 is 6.06. The Morgan fingerprint density at radius 2 is 2.07 bits per heavy atom. The van der Waals surface area contributed by atoms with Gasteiger partial charge in [0.1, 0.15) is 5.82 Å². The molecule has 152 valence electrons. The highest BCUT2D eigenvalue weighted by Crippen LogP contribution is 2.64. The standard InChI is InChI=1S/C23H20ClFN4O/c24-18-3-1-2-16(11-18)21-27-22(30-28-21)19-12-23(19)6-8-29(9-7-23)14-17-5-4-15(13-26)10-20(17)25/h1-5,10-11,19H,6-9,12,14H2. The fourth-order valence-electron chi connectivity index (χ4n) is 4.51. The van der Waals surface area contributed by atoms with Gasteiger partial charge >= 0.3 is 0 Å². The van der Waals surface area contributed by atoms with Crippen molar-refractivity contribution < 1.29 is 8.91 Å². The highest BCUT2D eigenvalue weighted by atomic mass is 35.5. The average molecular weight is 423 g/mol. The van der Waals surface area contributed by atoms with Gasteiger partial charge in [-0.15, -0.1) is 0 Å². The predicted molar refractivity (Wildman–Crippen MR) is 110 cm³/mol. The lowest BCUT2D eigenvalue weighted by Gasteiger charge is -2.32. The third kappa shape index (κ3) is 3.60. The number of likely N-dealkylation sites (tertiary alicyclic amines) is 1. The molecule has 0 amide bonds. The van der Waals surface area contributed by atoms with Gasteiger partial charge in [0.15, 0.2) is 0 Å². The van der Waals surface area contributed by atoms with Gasteiger partial charge in [0.05, 0.1) is 11.6 Å². The average Bonchev–Trinajstić information content (AvgIpc) is 3.22. The molecule has 1 spiro atoms. The van der Waals surface area contributed by atoms with Crippen LogP contribution in [-0.4, -0.2) is 28.1 Å². The summed E-state index contributed by atoms with van der Waals surface area (Å²) in [6.07, 6.45) is 3.12. The van der Waals surface area contributed by atoms with Gasteiger partial charge in [0.2, 0.25) is 11.7 Å². The van der Waals surface area contributed by atoms with Crippen LogP contribution in [0.1, 0.15) is 42.2 Å². The molecule has 0 N–H and O–H groups in total. The number of hydrogen-bond acceptors (Lipinski definition) is 5. The van der Waals surface area contributed by atoms with E-state index in [1.807, 2.05) is 30.3 Å². The highest BCUT2D eigenvalue weighted by molar-refractivity contribution is 6.30. The molecule has 1 aliphatic carbocycles. The van der Waals surface area contributed by atoms with Gasteiger partial charge in [-0.3, -0.25) is 4.90 Å². The number of nitriles is 1. The number of piperidine rings is 1. The van der Waals surface area contributed by atoms with Gasteiger partial charge in [-0.05, 0) is 62.0 Å². The zero-order valence-corrected chi connectivity index (χ0v) is 17.1. The van der Waals surface area contributed by atoms with Crippen molar-refractivity contribution in [1.29, 1.82) is 5.26 Å². The van der Waals surface area contributed by atoms with E-state index in [9.17, 15) is 4.39 Å². The second-order valence-electron chi connectivity index (χ2n) is 8.28. The molecule has 1 saturated heterocycles. The zero-order valence-electron chi connectivity index (χ0n) is 16.3. The van der Waals surface area contributed by atoms with E-state index < -0.39 is 0 Å². The molecular weight excluding hydrogens is 403 g/mol. The second-order valence-corrected chi connectivity index (χ2v) is 8.72. The minimum Gasteiger partial charge on any atom is -0.339 e. The van der Waals surface area contributed by atoms with Crippen LogP contribution in [0.5, 0.6) is 0 Å². The second kappa shape index (κ2) is 7.50. The zero-order chi connectivity index (χ0) is 20.7. The molecule has 1 saturated carbocycles. The van der Waals surface area contributed by atoms with E-state index in [0.29, 0.717) is 40.3 Å². The summed E-state index contributed by atoms with van der Waals surface area (Å²) in [5, 5.41) is 13.7. The molecule has 1 aromatic heterocycles. The van der Waals surface area contributed by atoms with Crippen LogP contribution in [0, 0.1) is 22.6 Å². The summed E-state index contributed by atoms with van der Waals surface area (Å²) in [4.78, 5) is 6.90. The Balaban J connectivity index is 1.21. The van der Waals surface area contributed by atoms with Crippen LogP contribution in [0.2, 0.25) is 5.02 Å². The molecule has 2 aliphatic rings. The van der Waals surface area contributed by atoms with Crippen LogP contribution in [0.3, 0.4) is 0 Å². The van der Waals surface area contributed by atoms with Gasteiger partial charge in [-0.2, -0.15) is 10.2 Å². The third-order valence-electron chi connectivity index (χ3n) is 6.44. The first kappa shape index (κ1) is 19.2. The van der Waals surface area contributed by atoms with Gasteiger partial charge in [-0.1, -0.05) is 35.0 Å². The first-order chi connectivity index (χ1) is 14.6. The highest BCUT2D eigenvalue weighted by Gasteiger charge is 2.58. The SMILES string of the molecule is N#Cc1ccc(CN2CCC3(CC2)CC3c2nc(-c3cccc(Cl)c3)no2)c(F)c1. The van der Waals surface area contributed by atoms with Crippen LogP contribution >= 0.6 is 11.6 Å². The fourth-order valence-corrected chi connectivity index (χ4v) is 4.70. The number of halogens is 2. The van der Waals surface area contributed by atoms with Gasteiger partial charge in [0.25, 0.3) is 0 Å². The van der Waals surface area contributed by atoms with Crippen molar-refractivity contribution in [3.05, 3.63) is 70.3 Å². The molecule has 3 aromatic rings. The molecule has 5 rings (SSSR count). The molecule has 1 unspecified atom stereocenters. The number of aromatic nitrogens is 2. The Hall–Kier alpha value is -2.75. The van der Waals surface area contributed by atoms with Crippen molar-refractivity contribution in [2.24, 2.45) is 5.41 Å². The van der Waals surface area contributed by atoms with E-state index >= 15 is 0 Å². The summed E-state index contributed by atoms with van der Waals surface area (Å²) in [6.45, 7) is 2.38. The van der Waals surface area contributed by atoms with Gasteiger partial charge < -0.3 is 4.52 Å². The topological polar surface area (TPSA) is 66.0 Å². The Morgan fingerprint density at radius 3 is 2.80 bits per heavy atom. The summed E-state index contributed by atoms with van der Waals surface area (Å²) in [5.74, 6) is 1.27. The lowest BCUT2D eigenvalue weighted by molar-refractivity contribution is 0.157. The summed E-state index contributed by atoms with van der Waals surface area (Å²) < 4.78 is 19.8. The molecule has 30 heavy (non-hydrogen) atoms. The molecule has 2 aromatic carbocycles. The molecule has 0 bridgehead atoms. The molecule has 1 atom stereocenters. The first-order valence-corrected chi connectivity index (χ1v) is 10.4. The Morgan fingerprint density at radius 1 is 1.23 bits per heavy atom. The first-order valence-electron chi connectivity index (χ1n) is 10.1. The number of nitrogens with zero attached hydrogens (tertiary/aromatic N) is 4. The summed E-state index contributed by atoms with van der Waals surface area (Å²) in [6, 6.07) is 14.1. The largest absolute Gasteiger partial charge is 0.339 e. The summed E-state index contributed by atoms with van der Waals surface area (Å²) in [5.41, 5.74) is 2.07. The molecule has 2 fully saturated rings. The van der Waals surface area contributed by atoms with E-state index in [1.54, 1.807) is 12.1 Å². The van der Waals surface area contributed by atoms with Crippen molar-refractivity contribution in [1.82, 2.24) is 15.0 Å².